The number of carbonyl (C=O) groups is 3. The smallest absolute Gasteiger partial charge is 0.305 e. The summed E-state index contributed by atoms with van der Waals surface area (Å²) in [6, 6.07) is 0. The highest BCUT2D eigenvalue weighted by atomic mass is 16.6. The summed E-state index contributed by atoms with van der Waals surface area (Å²) >= 11 is 0. The van der Waals surface area contributed by atoms with E-state index in [-0.39, 0.29) is 44.5 Å². The second kappa shape index (κ2) is 33.2. The van der Waals surface area contributed by atoms with Crippen molar-refractivity contribution >= 4 is 17.8 Å². The van der Waals surface area contributed by atoms with Crippen LogP contribution in [0.3, 0.4) is 0 Å². The summed E-state index contributed by atoms with van der Waals surface area (Å²) in [4.78, 5) is 36.9. The third-order valence-corrected chi connectivity index (χ3v) is 8.88. The van der Waals surface area contributed by atoms with Gasteiger partial charge in [-0.15, -0.1) is 0 Å². The first-order valence-electron chi connectivity index (χ1n) is 19.4. The largest absolute Gasteiger partial charge is 0.463 e. The molecule has 0 atom stereocenters. The average molecular weight is 655 g/mol. The Kier molecular flexibility index (Phi) is 32.0. The van der Waals surface area contributed by atoms with Gasteiger partial charge in [-0.2, -0.15) is 0 Å². The maximum atomic E-state index is 12.4. The number of esters is 2. The van der Waals surface area contributed by atoms with Gasteiger partial charge in [0, 0.05) is 12.8 Å². The Morgan fingerprint density at radius 2 is 0.804 bits per heavy atom. The predicted molar refractivity (Wildman–Crippen MR) is 190 cm³/mol. The third kappa shape index (κ3) is 28.5. The van der Waals surface area contributed by atoms with Crippen LogP contribution in [0.2, 0.25) is 0 Å². The van der Waals surface area contributed by atoms with Crippen LogP contribution in [0.4, 0.5) is 0 Å². The van der Waals surface area contributed by atoms with Crippen LogP contribution in [0.15, 0.2) is 0 Å². The van der Waals surface area contributed by atoms with Crippen molar-refractivity contribution < 1.29 is 29.0 Å². The molecule has 0 radical (unpaired) electrons. The zero-order valence-electron chi connectivity index (χ0n) is 30.2. The lowest BCUT2D eigenvalue weighted by molar-refractivity contribution is -0.154. The van der Waals surface area contributed by atoms with Crippen molar-refractivity contribution in [1.29, 1.82) is 0 Å². The molecule has 0 rings (SSSR count). The zero-order chi connectivity index (χ0) is 34.0. The number of hydrogen-bond acceptors (Lipinski definition) is 7. The Morgan fingerprint density at radius 1 is 0.522 bits per heavy atom. The van der Waals surface area contributed by atoms with E-state index in [0.29, 0.717) is 0 Å². The quantitative estimate of drug-likeness (QED) is 0.0460. The number of ether oxygens (including phenoxy) is 2. The van der Waals surface area contributed by atoms with Gasteiger partial charge in [0.05, 0.1) is 13.2 Å². The number of amides is 1. The van der Waals surface area contributed by atoms with Crippen LogP contribution in [-0.4, -0.2) is 54.9 Å². The average Bonchev–Trinajstić information content (AvgIpc) is 3.06. The van der Waals surface area contributed by atoms with Gasteiger partial charge in [0.2, 0.25) is 5.91 Å². The fraction of sp³-hybridized carbons (Fsp3) is 0.921. The van der Waals surface area contributed by atoms with Gasteiger partial charge in [-0.1, -0.05) is 168 Å². The lowest BCUT2D eigenvalue weighted by Gasteiger charge is -2.31. The fourth-order valence-corrected chi connectivity index (χ4v) is 5.75. The highest BCUT2D eigenvalue weighted by molar-refractivity contribution is 5.79. The first-order valence-corrected chi connectivity index (χ1v) is 19.4. The molecular weight excluding hydrogens is 580 g/mol. The molecule has 8 nitrogen and oxygen atoms in total. The zero-order valence-corrected chi connectivity index (χ0v) is 30.2. The molecule has 0 spiro atoms. The maximum Gasteiger partial charge on any atom is 0.305 e. The first-order chi connectivity index (χ1) is 22.4. The maximum absolute atomic E-state index is 12.4. The summed E-state index contributed by atoms with van der Waals surface area (Å²) in [5.74, 6) is -1.29. The van der Waals surface area contributed by atoms with Crippen molar-refractivity contribution in [3.8, 4) is 0 Å². The van der Waals surface area contributed by atoms with E-state index in [1.807, 2.05) is 0 Å². The molecule has 0 saturated carbocycles. The van der Waals surface area contributed by atoms with Crippen molar-refractivity contribution in [3.05, 3.63) is 0 Å². The highest BCUT2D eigenvalue weighted by Crippen LogP contribution is 2.16. The molecule has 46 heavy (non-hydrogen) atoms. The van der Waals surface area contributed by atoms with E-state index in [4.69, 9.17) is 15.2 Å². The highest BCUT2D eigenvalue weighted by Gasteiger charge is 2.35. The summed E-state index contributed by atoms with van der Waals surface area (Å²) in [6.45, 7) is 3.10. The minimum atomic E-state index is -1.41. The van der Waals surface area contributed by atoms with Crippen LogP contribution >= 0.6 is 0 Å². The molecule has 0 aliphatic rings. The molecule has 1 amide bonds. The van der Waals surface area contributed by atoms with Gasteiger partial charge in [-0.3, -0.25) is 14.4 Å². The molecule has 0 unspecified atom stereocenters. The lowest BCUT2D eigenvalue weighted by atomic mass is 10.0. The van der Waals surface area contributed by atoms with Crippen LogP contribution in [0.1, 0.15) is 194 Å². The molecule has 0 saturated heterocycles. The normalized spacial score (nSPS) is 11.5. The lowest BCUT2D eigenvalue weighted by Crippen LogP contribution is -2.59. The summed E-state index contributed by atoms with van der Waals surface area (Å²) in [6.07, 6.45) is 32.5. The van der Waals surface area contributed by atoms with Crippen molar-refractivity contribution in [1.82, 2.24) is 5.32 Å². The summed E-state index contributed by atoms with van der Waals surface area (Å²) in [7, 11) is 0. The van der Waals surface area contributed by atoms with E-state index in [9.17, 15) is 19.5 Å². The Bertz CT molecular complexity index is 671. The molecule has 0 aromatic carbocycles. The second-order valence-electron chi connectivity index (χ2n) is 13.5. The minimum absolute atomic E-state index is 0.279. The number of hydrogen-bond donors (Lipinski definition) is 3. The Morgan fingerprint density at radius 3 is 1.07 bits per heavy atom. The van der Waals surface area contributed by atoms with E-state index < -0.39 is 18.1 Å². The van der Waals surface area contributed by atoms with Crippen LogP contribution in [-0.2, 0) is 23.9 Å². The van der Waals surface area contributed by atoms with E-state index in [1.165, 1.54) is 128 Å². The predicted octanol–water partition coefficient (Wildman–Crippen LogP) is 8.84. The van der Waals surface area contributed by atoms with E-state index in [1.54, 1.807) is 0 Å². The number of carbonyl (C=O) groups excluding carboxylic acids is 3. The van der Waals surface area contributed by atoms with Gasteiger partial charge in [0.1, 0.15) is 18.8 Å². The number of aliphatic hydroxyl groups excluding tert-OH is 1. The minimum Gasteiger partial charge on any atom is -0.463 e. The van der Waals surface area contributed by atoms with Crippen LogP contribution < -0.4 is 11.1 Å². The molecule has 0 heterocycles. The Labute approximate surface area is 283 Å². The van der Waals surface area contributed by atoms with Crippen molar-refractivity contribution in [3.63, 3.8) is 0 Å². The Hall–Kier alpha value is -1.67. The van der Waals surface area contributed by atoms with E-state index >= 15 is 0 Å². The van der Waals surface area contributed by atoms with Gasteiger partial charge in [-0.25, -0.2) is 0 Å². The molecule has 4 N–H and O–H groups in total. The Balaban J connectivity index is 4.11. The molecule has 0 aromatic rings. The monoisotopic (exact) mass is 655 g/mol. The molecule has 0 aliphatic carbocycles. The van der Waals surface area contributed by atoms with Gasteiger partial charge >= 0.3 is 11.9 Å². The second-order valence-corrected chi connectivity index (χ2v) is 13.5. The number of rotatable bonds is 35. The van der Waals surface area contributed by atoms with Crippen LogP contribution in [0.25, 0.3) is 0 Å². The first kappa shape index (κ1) is 44.3. The molecule has 0 aliphatic heterocycles. The SMILES string of the molecule is CCCCCCCCCCCCCCCC(=O)OCC(CO)(COC(=O)CCCCCCCCCCCCCCC)NC(=O)CN. The van der Waals surface area contributed by atoms with E-state index in [0.717, 1.165) is 38.5 Å². The molecule has 272 valence electrons. The standard InChI is InChI=1S/C38H74N2O6/c1-3-5-7-9-11-13-15-17-19-21-23-25-27-29-36(43)45-33-38(32-41,40-35(42)31-39)34-46-37(44)30-28-26-24-22-20-18-16-14-12-10-8-6-4-2/h41H,3-34,39H2,1-2H3,(H,40,42). The van der Waals surface area contributed by atoms with Crippen LogP contribution in [0, 0.1) is 0 Å². The molecule has 8 heteroatoms. The van der Waals surface area contributed by atoms with Crippen molar-refractivity contribution in [2.75, 3.05) is 26.4 Å². The van der Waals surface area contributed by atoms with Gasteiger partial charge in [0.25, 0.3) is 0 Å². The fourth-order valence-electron chi connectivity index (χ4n) is 5.75. The molecule has 0 bridgehead atoms. The summed E-state index contributed by atoms with van der Waals surface area (Å²) < 4.78 is 10.8. The van der Waals surface area contributed by atoms with Crippen molar-refractivity contribution in [2.45, 2.75) is 199 Å². The number of nitrogens with two attached hydrogens (primary N) is 1. The molecular formula is C38H74N2O6. The summed E-state index contributed by atoms with van der Waals surface area (Å²) in [5, 5.41) is 12.7. The van der Waals surface area contributed by atoms with Gasteiger partial charge < -0.3 is 25.6 Å². The molecule has 0 fully saturated rings. The number of unbranched alkanes of at least 4 members (excludes halogenated alkanes) is 24. The van der Waals surface area contributed by atoms with E-state index in [2.05, 4.69) is 19.2 Å². The molecule has 0 aromatic heterocycles. The van der Waals surface area contributed by atoms with Crippen molar-refractivity contribution in [2.24, 2.45) is 5.73 Å². The van der Waals surface area contributed by atoms with Gasteiger partial charge in [0.15, 0.2) is 0 Å². The van der Waals surface area contributed by atoms with Crippen LogP contribution in [0.5, 0.6) is 0 Å². The number of aliphatic hydroxyl groups is 1. The topological polar surface area (TPSA) is 128 Å². The number of nitrogens with one attached hydrogen (secondary N) is 1. The third-order valence-electron chi connectivity index (χ3n) is 8.88. The summed E-state index contributed by atoms with van der Waals surface area (Å²) in [5.41, 5.74) is 4.05. The van der Waals surface area contributed by atoms with Gasteiger partial charge in [-0.05, 0) is 12.8 Å².